The van der Waals surface area contributed by atoms with Crippen LogP contribution < -0.4 is 4.72 Å². The standard InChI is InChI=1S/C31H36ClN3O5S2/c1-3-9-30(37)34(17-16-31(38)35(18-19-41)21-24-10-5-4-6-11-24)22-25-14-15-26(28(32)20-25)27-12-7-8-13-29(27)42(39,40)33-23(2)36/h4-8,10-15,20,41H,3,9,16-19,21-22H2,1-2H3,(H,33,36). The van der Waals surface area contributed by atoms with Crippen molar-refractivity contribution in [2.45, 2.75) is 51.1 Å². The Labute approximate surface area is 258 Å². The summed E-state index contributed by atoms with van der Waals surface area (Å²) in [7, 11) is -4.10. The smallest absolute Gasteiger partial charge is 0.264 e. The van der Waals surface area contributed by atoms with E-state index in [1.165, 1.54) is 6.07 Å². The molecular formula is C31H36ClN3O5S2. The Bertz CT molecular complexity index is 1500. The maximum absolute atomic E-state index is 13.2. The molecule has 0 radical (unpaired) electrons. The second-order valence-corrected chi connectivity index (χ2v) is 12.3. The Balaban J connectivity index is 1.80. The lowest BCUT2D eigenvalue weighted by molar-refractivity contribution is -0.135. The highest BCUT2D eigenvalue weighted by Gasteiger charge is 2.22. The van der Waals surface area contributed by atoms with Gasteiger partial charge in [0.2, 0.25) is 17.7 Å². The molecular weight excluding hydrogens is 594 g/mol. The van der Waals surface area contributed by atoms with Gasteiger partial charge in [0.1, 0.15) is 0 Å². The van der Waals surface area contributed by atoms with Crippen molar-refractivity contribution in [3.63, 3.8) is 0 Å². The van der Waals surface area contributed by atoms with Gasteiger partial charge in [0.15, 0.2) is 0 Å². The quantitative estimate of drug-likeness (QED) is 0.235. The number of rotatable bonds is 14. The largest absolute Gasteiger partial charge is 0.338 e. The van der Waals surface area contributed by atoms with E-state index in [-0.39, 0.29) is 36.2 Å². The summed E-state index contributed by atoms with van der Waals surface area (Å²) in [6.07, 6.45) is 1.18. The fourth-order valence-electron chi connectivity index (χ4n) is 4.53. The first kappa shape index (κ1) is 33.2. The molecule has 0 bridgehead atoms. The third-order valence-electron chi connectivity index (χ3n) is 6.50. The van der Waals surface area contributed by atoms with Crippen LogP contribution in [0.4, 0.5) is 0 Å². The van der Waals surface area contributed by atoms with E-state index in [1.807, 2.05) is 42.0 Å². The number of carbonyl (C=O) groups excluding carboxylic acids is 3. The molecule has 11 heteroatoms. The lowest BCUT2D eigenvalue weighted by Crippen LogP contribution is -2.37. The van der Waals surface area contributed by atoms with Crippen LogP contribution in [0.2, 0.25) is 5.02 Å². The van der Waals surface area contributed by atoms with E-state index in [1.54, 1.807) is 46.2 Å². The number of sulfonamides is 1. The highest BCUT2D eigenvalue weighted by atomic mass is 35.5. The van der Waals surface area contributed by atoms with Gasteiger partial charge in [0.25, 0.3) is 10.0 Å². The molecule has 0 spiro atoms. The average Bonchev–Trinajstić information content (AvgIpc) is 2.95. The van der Waals surface area contributed by atoms with Crippen molar-refractivity contribution in [1.29, 1.82) is 0 Å². The molecule has 3 aromatic rings. The number of hydrogen-bond donors (Lipinski definition) is 2. The van der Waals surface area contributed by atoms with Gasteiger partial charge in [-0.2, -0.15) is 12.6 Å². The van der Waals surface area contributed by atoms with Crippen molar-refractivity contribution in [2.24, 2.45) is 0 Å². The topological polar surface area (TPSA) is 104 Å². The van der Waals surface area contributed by atoms with Gasteiger partial charge in [0.05, 0.1) is 4.90 Å². The van der Waals surface area contributed by atoms with Crippen molar-refractivity contribution >= 4 is 52.0 Å². The lowest BCUT2D eigenvalue weighted by Gasteiger charge is -2.26. The summed E-state index contributed by atoms with van der Waals surface area (Å²) >= 11 is 11.0. The predicted octanol–water partition coefficient (Wildman–Crippen LogP) is 5.31. The molecule has 3 rings (SSSR count). The van der Waals surface area contributed by atoms with Gasteiger partial charge in [0, 0.05) is 67.8 Å². The summed E-state index contributed by atoms with van der Waals surface area (Å²) in [5, 5.41) is 0.291. The molecule has 0 aliphatic carbocycles. The number of carbonyl (C=O) groups is 3. The van der Waals surface area contributed by atoms with Gasteiger partial charge in [-0.05, 0) is 29.7 Å². The van der Waals surface area contributed by atoms with Crippen LogP contribution in [0.15, 0.2) is 77.7 Å². The zero-order chi connectivity index (χ0) is 30.7. The maximum atomic E-state index is 13.2. The summed E-state index contributed by atoms with van der Waals surface area (Å²) in [4.78, 5) is 41.0. The third kappa shape index (κ3) is 9.34. The van der Waals surface area contributed by atoms with Crippen LogP contribution in [0.3, 0.4) is 0 Å². The zero-order valence-corrected chi connectivity index (χ0v) is 26.2. The second kappa shape index (κ2) is 15.8. The van der Waals surface area contributed by atoms with Gasteiger partial charge in [-0.1, -0.05) is 79.2 Å². The van der Waals surface area contributed by atoms with Crippen molar-refractivity contribution < 1.29 is 22.8 Å². The number of amides is 3. The molecule has 0 fully saturated rings. The molecule has 0 aliphatic heterocycles. The molecule has 3 amide bonds. The minimum atomic E-state index is -4.10. The van der Waals surface area contributed by atoms with Crippen molar-refractivity contribution in [3.05, 3.63) is 88.9 Å². The van der Waals surface area contributed by atoms with Crippen LogP contribution >= 0.6 is 24.2 Å². The minimum Gasteiger partial charge on any atom is -0.338 e. The van der Waals surface area contributed by atoms with Gasteiger partial charge in [-0.25, -0.2) is 13.1 Å². The molecule has 0 aliphatic rings. The van der Waals surface area contributed by atoms with E-state index in [2.05, 4.69) is 12.6 Å². The first-order valence-corrected chi connectivity index (χ1v) is 16.2. The molecule has 0 atom stereocenters. The van der Waals surface area contributed by atoms with E-state index in [4.69, 9.17) is 11.6 Å². The number of nitrogens with zero attached hydrogens (tertiary/aromatic N) is 2. The summed E-state index contributed by atoms with van der Waals surface area (Å²) in [6.45, 7) is 4.50. The number of nitrogens with one attached hydrogen (secondary N) is 1. The third-order valence-corrected chi connectivity index (χ3v) is 8.51. The van der Waals surface area contributed by atoms with Crippen LogP contribution in [0.5, 0.6) is 0 Å². The summed E-state index contributed by atoms with van der Waals surface area (Å²) in [6, 6.07) is 21.2. The van der Waals surface area contributed by atoms with Gasteiger partial charge in [-0.15, -0.1) is 0 Å². The highest BCUT2D eigenvalue weighted by Crippen LogP contribution is 2.33. The van der Waals surface area contributed by atoms with E-state index >= 15 is 0 Å². The maximum Gasteiger partial charge on any atom is 0.264 e. The summed E-state index contributed by atoms with van der Waals surface area (Å²) in [5.74, 6) is -0.305. The number of halogens is 1. The molecule has 224 valence electrons. The number of thiol groups is 1. The molecule has 42 heavy (non-hydrogen) atoms. The Morgan fingerprint density at radius 2 is 1.43 bits per heavy atom. The second-order valence-electron chi connectivity index (χ2n) is 9.81. The monoisotopic (exact) mass is 629 g/mol. The molecule has 0 saturated carbocycles. The zero-order valence-electron chi connectivity index (χ0n) is 23.8. The Hall–Kier alpha value is -3.34. The van der Waals surface area contributed by atoms with Crippen LogP contribution in [0, 0.1) is 0 Å². The van der Waals surface area contributed by atoms with Crippen molar-refractivity contribution in [1.82, 2.24) is 14.5 Å². The average molecular weight is 630 g/mol. The Kier molecular flexibility index (Phi) is 12.4. The first-order chi connectivity index (χ1) is 20.1. The van der Waals surface area contributed by atoms with Crippen molar-refractivity contribution in [3.8, 4) is 11.1 Å². The fourth-order valence-corrected chi connectivity index (χ4v) is 6.29. The van der Waals surface area contributed by atoms with Gasteiger partial charge in [-0.3, -0.25) is 14.4 Å². The molecule has 0 aromatic heterocycles. The van der Waals surface area contributed by atoms with Crippen molar-refractivity contribution in [2.75, 3.05) is 18.8 Å². The van der Waals surface area contributed by atoms with Gasteiger partial charge < -0.3 is 9.80 Å². The van der Waals surface area contributed by atoms with Crippen LogP contribution in [-0.2, 0) is 37.5 Å². The SMILES string of the molecule is CCCC(=O)N(CCC(=O)N(CCS)Cc1ccccc1)Cc1ccc(-c2ccccc2S(=O)(=O)NC(C)=O)c(Cl)c1. The van der Waals surface area contributed by atoms with E-state index in [0.717, 1.165) is 18.1 Å². The summed E-state index contributed by atoms with van der Waals surface area (Å²) in [5.41, 5.74) is 2.57. The summed E-state index contributed by atoms with van der Waals surface area (Å²) < 4.78 is 27.5. The number of benzene rings is 3. The highest BCUT2D eigenvalue weighted by molar-refractivity contribution is 7.90. The molecule has 0 unspecified atom stereocenters. The lowest BCUT2D eigenvalue weighted by atomic mass is 10.0. The first-order valence-electron chi connectivity index (χ1n) is 13.7. The fraction of sp³-hybridized carbons (Fsp3) is 0.323. The van der Waals surface area contributed by atoms with Crippen LogP contribution in [0.1, 0.15) is 44.2 Å². The molecule has 1 N–H and O–H groups in total. The van der Waals surface area contributed by atoms with Crippen LogP contribution in [-0.4, -0.2) is 54.8 Å². The Morgan fingerprint density at radius 1 is 0.810 bits per heavy atom. The normalized spacial score (nSPS) is 11.1. The molecule has 0 saturated heterocycles. The van der Waals surface area contributed by atoms with E-state index in [0.29, 0.717) is 47.8 Å². The van der Waals surface area contributed by atoms with Crippen LogP contribution in [0.25, 0.3) is 11.1 Å². The molecule has 8 nitrogen and oxygen atoms in total. The molecule has 3 aromatic carbocycles. The van der Waals surface area contributed by atoms with E-state index in [9.17, 15) is 22.8 Å². The minimum absolute atomic E-state index is 0.0624. The number of hydrogen-bond acceptors (Lipinski definition) is 6. The molecule has 0 heterocycles. The predicted molar refractivity (Wildman–Crippen MR) is 169 cm³/mol. The van der Waals surface area contributed by atoms with E-state index < -0.39 is 15.9 Å². The van der Waals surface area contributed by atoms with Gasteiger partial charge >= 0.3 is 0 Å². The Morgan fingerprint density at radius 3 is 2.07 bits per heavy atom.